The second-order valence-corrected chi connectivity index (χ2v) is 5.37. The molecule has 1 amide bonds. The van der Waals surface area contributed by atoms with E-state index in [1.54, 1.807) is 0 Å². The van der Waals surface area contributed by atoms with Crippen LogP contribution in [0.4, 0.5) is 0 Å². The zero-order chi connectivity index (χ0) is 13.0. The van der Waals surface area contributed by atoms with Crippen LogP contribution in [0.3, 0.4) is 0 Å². The van der Waals surface area contributed by atoms with Crippen LogP contribution in [0, 0.1) is 11.8 Å². The Morgan fingerprint density at radius 2 is 1.65 bits per heavy atom. The lowest BCUT2D eigenvalue weighted by Crippen LogP contribution is -2.34. The summed E-state index contributed by atoms with van der Waals surface area (Å²) in [6, 6.07) is 7.69. The Morgan fingerprint density at radius 3 is 2.06 bits per heavy atom. The van der Waals surface area contributed by atoms with Crippen LogP contribution in [0.1, 0.15) is 39.3 Å². The quantitative estimate of drug-likeness (QED) is 0.869. The van der Waals surface area contributed by atoms with Gasteiger partial charge in [-0.3, -0.25) is 4.79 Å². The third-order valence-electron chi connectivity index (χ3n) is 2.72. The van der Waals surface area contributed by atoms with E-state index in [4.69, 9.17) is 11.6 Å². The highest BCUT2D eigenvalue weighted by Gasteiger charge is 2.19. The van der Waals surface area contributed by atoms with E-state index >= 15 is 0 Å². The van der Waals surface area contributed by atoms with Gasteiger partial charge in [0.15, 0.2) is 0 Å². The van der Waals surface area contributed by atoms with Crippen LogP contribution in [0.15, 0.2) is 24.3 Å². The van der Waals surface area contributed by atoms with Gasteiger partial charge in [0.25, 0.3) is 0 Å². The first-order valence-electron chi connectivity index (χ1n) is 5.97. The largest absolute Gasteiger partial charge is 0.349 e. The second kappa shape index (κ2) is 6.06. The zero-order valence-corrected chi connectivity index (χ0v) is 11.6. The topological polar surface area (TPSA) is 29.1 Å². The molecule has 3 heteroatoms. The Hall–Kier alpha value is -1.02. The lowest BCUT2D eigenvalue weighted by atomic mass is 9.95. The first-order valence-corrected chi connectivity index (χ1v) is 6.35. The molecular formula is C14H20ClNO. The minimum Gasteiger partial charge on any atom is -0.349 e. The molecule has 0 bridgehead atoms. The van der Waals surface area contributed by atoms with Crippen molar-refractivity contribution in [2.24, 2.45) is 11.8 Å². The molecule has 0 saturated heterocycles. The van der Waals surface area contributed by atoms with Crippen molar-refractivity contribution >= 4 is 17.5 Å². The summed E-state index contributed by atoms with van der Waals surface area (Å²) in [5, 5.41) is 3.78. The number of carbonyl (C=O) groups is 1. The van der Waals surface area contributed by atoms with Crippen molar-refractivity contribution in [3.8, 4) is 0 Å². The van der Waals surface area contributed by atoms with Crippen LogP contribution in [0.25, 0.3) is 0 Å². The van der Waals surface area contributed by atoms with Crippen LogP contribution in [0.5, 0.6) is 0 Å². The number of rotatable bonds is 4. The molecule has 0 aliphatic heterocycles. The third kappa shape index (κ3) is 4.04. The number of nitrogens with one attached hydrogen (secondary N) is 1. The lowest BCUT2D eigenvalue weighted by molar-refractivity contribution is -0.125. The first kappa shape index (κ1) is 14.0. The van der Waals surface area contributed by atoms with Gasteiger partial charge in [-0.15, -0.1) is 0 Å². The predicted octanol–water partition coefficient (Wildman–Crippen LogP) is 3.81. The molecule has 1 aromatic rings. The van der Waals surface area contributed by atoms with E-state index in [1.165, 1.54) is 0 Å². The summed E-state index contributed by atoms with van der Waals surface area (Å²) in [4.78, 5) is 11.8. The maximum atomic E-state index is 11.8. The molecule has 0 spiro atoms. The summed E-state index contributed by atoms with van der Waals surface area (Å²) >= 11 is 5.86. The number of hydrogen-bond acceptors (Lipinski definition) is 1. The molecule has 2 nitrogen and oxygen atoms in total. The lowest BCUT2D eigenvalue weighted by Gasteiger charge is -2.24. The fourth-order valence-corrected chi connectivity index (χ4v) is 1.75. The van der Waals surface area contributed by atoms with Gasteiger partial charge in [-0.05, 0) is 23.6 Å². The molecule has 0 fully saturated rings. The molecule has 0 heterocycles. The third-order valence-corrected chi connectivity index (χ3v) is 2.97. The Labute approximate surface area is 108 Å². The molecule has 0 radical (unpaired) electrons. The van der Waals surface area contributed by atoms with Crippen molar-refractivity contribution in [2.75, 3.05) is 0 Å². The Kier molecular flexibility index (Phi) is 5.01. The normalized spacial score (nSPS) is 12.9. The van der Waals surface area contributed by atoms with Gasteiger partial charge in [0, 0.05) is 10.9 Å². The average Bonchev–Trinajstić information content (AvgIpc) is 2.26. The molecule has 0 aliphatic carbocycles. The van der Waals surface area contributed by atoms with Crippen molar-refractivity contribution in [3.05, 3.63) is 34.9 Å². The fraction of sp³-hybridized carbons (Fsp3) is 0.500. The van der Waals surface area contributed by atoms with Crippen LogP contribution in [-0.4, -0.2) is 5.91 Å². The highest BCUT2D eigenvalue weighted by atomic mass is 35.5. The van der Waals surface area contributed by atoms with Crippen LogP contribution >= 0.6 is 11.6 Å². The van der Waals surface area contributed by atoms with Gasteiger partial charge in [0.05, 0.1) is 6.04 Å². The molecule has 1 aromatic carbocycles. The molecular weight excluding hydrogens is 234 g/mol. The molecule has 0 aliphatic rings. The van der Waals surface area contributed by atoms with Gasteiger partial charge in [-0.2, -0.15) is 0 Å². The predicted molar refractivity (Wildman–Crippen MR) is 72.0 cm³/mol. The maximum Gasteiger partial charge on any atom is 0.223 e. The van der Waals surface area contributed by atoms with E-state index in [1.807, 2.05) is 38.1 Å². The molecule has 1 atom stereocenters. The van der Waals surface area contributed by atoms with E-state index < -0.39 is 0 Å². The van der Waals surface area contributed by atoms with Crippen molar-refractivity contribution in [1.82, 2.24) is 5.32 Å². The van der Waals surface area contributed by atoms with Gasteiger partial charge < -0.3 is 5.32 Å². The summed E-state index contributed by atoms with van der Waals surface area (Å²) in [5.41, 5.74) is 1.10. The number of hydrogen-bond donors (Lipinski definition) is 1. The number of carbonyl (C=O) groups excluding carboxylic acids is 1. The molecule has 0 aromatic heterocycles. The van der Waals surface area contributed by atoms with Crippen LogP contribution in [-0.2, 0) is 4.79 Å². The van der Waals surface area contributed by atoms with Crippen molar-refractivity contribution < 1.29 is 4.79 Å². The summed E-state index contributed by atoms with van der Waals surface area (Å²) in [5.74, 6) is 0.432. The molecule has 1 N–H and O–H groups in total. The highest BCUT2D eigenvalue weighted by molar-refractivity contribution is 6.30. The number of amides is 1. The SMILES string of the molecule is CC(C)C(=O)NC(c1ccc(Cl)cc1)C(C)C. The Balaban J connectivity index is 2.86. The first-order chi connectivity index (χ1) is 7.91. The average molecular weight is 254 g/mol. The van der Waals surface area contributed by atoms with E-state index in [-0.39, 0.29) is 17.9 Å². The van der Waals surface area contributed by atoms with Crippen molar-refractivity contribution in [2.45, 2.75) is 33.7 Å². The second-order valence-electron chi connectivity index (χ2n) is 4.94. The monoisotopic (exact) mass is 253 g/mol. The van der Waals surface area contributed by atoms with E-state index in [0.717, 1.165) is 5.56 Å². The molecule has 0 saturated carbocycles. The fourth-order valence-electron chi connectivity index (χ4n) is 1.62. The van der Waals surface area contributed by atoms with E-state index in [0.29, 0.717) is 10.9 Å². The summed E-state index contributed by atoms with van der Waals surface area (Å²) in [6.45, 7) is 7.99. The standard InChI is InChI=1S/C14H20ClNO/c1-9(2)13(16-14(17)10(3)4)11-5-7-12(15)8-6-11/h5-10,13H,1-4H3,(H,16,17). The van der Waals surface area contributed by atoms with Gasteiger partial charge in [0.2, 0.25) is 5.91 Å². The summed E-state index contributed by atoms with van der Waals surface area (Å²) in [7, 11) is 0. The maximum absolute atomic E-state index is 11.8. The van der Waals surface area contributed by atoms with Crippen LogP contribution in [0.2, 0.25) is 5.02 Å². The highest BCUT2D eigenvalue weighted by Crippen LogP contribution is 2.23. The minimum absolute atomic E-state index is 0.00329. The van der Waals surface area contributed by atoms with Gasteiger partial charge in [0.1, 0.15) is 0 Å². The van der Waals surface area contributed by atoms with Crippen LogP contribution < -0.4 is 5.32 Å². The molecule has 1 unspecified atom stereocenters. The number of benzene rings is 1. The molecule has 17 heavy (non-hydrogen) atoms. The minimum atomic E-state index is 0.00329. The summed E-state index contributed by atoms with van der Waals surface area (Å²) in [6.07, 6.45) is 0. The van der Waals surface area contributed by atoms with Gasteiger partial charge in [-0.25, -0.2) is 0 Å². The Bertz CT molecular complexity index is 370. The Morgan fingerprint density at radius 1 is 1.12 bits per heavy atom. The van der Waals surface area contributed by atoms with E-state index in [9.17, 15) is 4.79 Å². The summed E-state index contributed by atoms with van der Waals surface area (Å²) < 4.78 is 0. The van der Waals surface area contributed by atoms with Gasteiger partial charge in [-0.1, -0.05) is 51.4 Å². The zero-order valence-electron chi connectivity index (χ0n) is 10.8. The van der Waals surface area contributed by atoms with Crippen molar-refractivity contribution in [1.29, 1.82) is 0 Å². The van der Waals surface area contributed by atoms with Crippen molar-refractivity contribution in [3.63, 3.8) is 0 Å². The van der Waals surface area contributed by atoms with Gasteiger partial charge >= 0.3 is 0 Å². The smallest absolute Gasteiger partial charge is 0.223 e. The van der Waals surface area contributed by atoms with E-state index in [2.05, 4.69) is 19.2 Å². The number of halogens is 1. The molecule has 1 rings (SSSR count). The molecule has 94 valence electrons.